The van der Waals surface area contributed by atoms with Gasteiger partial charge in [0, 0.05) is 18.7 Å². The largest absolute Gasteiger partial charge is 0.393 e. The Hall–Kier alpha value is -0.650. The van der Waals surface area contributed by atoms with Crippen molar-refractivity contribution in [2.75, 3.05) is 13.2 Å². The third kappa shape index (κ3) is 3.54. The lowest BCUT2D eigenvalue weighted by Crippen LogP contribution is -2.69. The van der Waals surface area contributed by atoms with Crippen molar-refractivity contribution in [1.82, 2.24) is 4.90 Å². The molecule has 2 heterocycles. The van der Waals surface area contributed by atoms with E-state index < -0.39 is 6.10 Å². The molecule has 0 unspecified atom stereocenters. The minimum Gasteiger partial charge on any atom is -0.393 e. The molecule has 2 saturated heterocycles. The van der Waals surface area contributed by atoms with Crippen LogP contribution in [-0.2, 0) is 9.53 Å². The summed E-state index contributed by atoms with van der Waals surface area (Å²) >= 11 is 0. The SMILES string of the molecule is CC(C)[C@@]12CC[C@H]3[C@@H]4C[C@H](O)CN(C(=O)[C@H]5CCCCO5)[C@@]4(C)CC[C@@H]3[C@@]1(C)CC[C@H](O)C2. The van der Waals surface area contributed by atoms with E-state index in [4.69, 9.17) is 4.74 Å². The number of carbonyl (C=O) groups excluding carboxylic acids is 1. The van der Waals surface area contributed by atoms with E-state index in [1.54, 1.807) is 0 Å². The summed E-state index contributed by atoms with van der Waals surface area (Å²) < 4.78 is 5.90. The van der Waals surface area contributed by atoms with Crippen molar-refractivity contribution in [1.29, 1.82) is 0 Å². The molecule has 5 heteroatoms. The van der Waals surface area contributed by atoms with Crippen LogP contribution < -0.4 is 0 Å². The summed E-state index contributed by atoms with van der Waals surface area (Å²) in [6.07, 6.45) is 10.3. The van der Waals surface area contributed by atoms with Gasteiger partial charge in [-0.25, -0.2) is 0 Å². The quantitative estimate of drug-likeness (QED) is 0.634. The van der Waals surface area contributed by atoms with Crippen LogP contribution in [0.5, 0.6) is 0 Å². The Balaban J connectivity index is 1.45. The number of aliphatic hydroxyl groups excluding tert-OH is 2. The van der Waals surface area contributed by atoms with E-state index in [1.807, 2.05) is 0 Å². The molecule has 0 spiro atoms. The third-order valence-corrected chi connectivity index (χ3v) is 11.6. The normalized spacial score (nSPS) is 50.3. The second-order valence-electron chi connectivity index (χ2n) is 13.1. The van der Waals surface area contributed by atoms with Crippen LogP contribution in [0, 0.1) is 34.5 Å². The molecule has 33 heavy (non-hydrogen) atoms. The molecule has 0 bridgehead atoms. The van der Waals surface area contributed by atoms with Crippen molar-refractivity contribution in [2.45, 2.75) is 122 Å². The van der Waals surface area contributed by atoms with Gasteiger partial charge in [0.15, 0.2) is 0 Å². The van der Waals surface area contributed by atoms with Crippen molar-refractivity contribution in [3.63, 3.8) is 0 Å². The van der Waals surface area contributed by atoms with Crippen molar-refractivity contribution in [3.05, 3.63) is 0 Å². The molecule has 0 aromatic heterocycles. The highest BCUT2D eigenvalue weighted by molar-refractivity contribution is 5.82. The number of hydrogen-bond donors (Lipinski definition) is 2. The minimum absolute atomic E-state index is 0.124. The molecule has 188 valence electrons. The van der Waals surface area contributed by atoms with Crippen LogP contribution in [0.3, 0.4) is 0 Å². The minimum atomic E-state index is -0.438. The molecule has 5 nitrogen and oxygen atoms in total. The van der Waals surface area contributed by atoms with Gasteiger partial charge in [-0.15, -0.1) is 0 Å². The lowest BCUT2D eigenvalue weighted by atomic mass is 9.38. The van der Waals surface area contributed by atoms with Crippen LogP contribution in [0.15, 0.2) is 0 Å². The molecular weight excluding hydrogens is 414 g/mol. The maximum Gasteiger partial charge on any atom is 0.252 e. The van der Waals surface area contributed by atoms with E-state index in [9.17, 15) is 15.0 Å². The zero-order valence-electron chi connectivity index (χ0n) is 21.4. The number of fused-ring (bicyclic) bond motifs is 5. The Morgan fingerprint density at radius 2 is 1.76 bits per heavy atom. The highest BCUT2D eigenvalue weighted by Gasteiger charge is 2.65. The number of amides is 1. The lowest BCUT2D eigenvalue weighted by Gasteiger charge is -2.69. The van der Waals surface area contributed by atoms with Crippen LogP contribution in [0.4, 0.5) is 0 Å². The van der Waals surface area contributed by atoms with Crippen LogP contribution in [0.25, 0.3) is 0 Å². The smallest absolute Gasteiger partial charge is 0.252 e. The Morgan fingerprint density at radius 3 is 2.45 bits per heavy atom. The second kappa shape index (κ2) is 8.48. The van der Waals surface area contributed by atoms with Crippen molar-refractivity contribution < 1.29 is 19.7 Å². The molecule has 5 aliphatic rings. The molecule has 0 aromatic carbocycles. The number of carbonyl (C=O) groups is 1. The summed E-state index contributed by atoms with van der Waals surface area (Å²) in [4.78, 5) is 15.7. The monoisotopic (exact) mass is 461 g/mol. The van der Waals surface area contributed by atoms with E-state index in [0.717, 1.165) is 57.8 Å². The van der Waals surface area contributed by atoms with Crippen molar-refractivity contribution in [2.24, 2.45) is 34.5 Å². The van der Waals surface area contributed by atoms with E-state index in [2.05, 4.69) is 32.6 Å². The molecule has 5 fully saturated rings. The summed E-state index contributed by atoms with van der Waals surface area (Å²) in [5.74, 6) is 2.20. The first-order chi connectivity index (χ1) is 15.6. The van der Waals surface area contributed by atoms with Crippen molar-refractivity contribution >= 4 is 5.91 Å². The second-order valence-corrected chi connectivity index (χ2v) is 13.1. The number of rotatable bonds is 2. The van der Waals surface area contributed by atoms with Gasteiger partial charge in [0.05, 0.1) is 12.2 Å². The number of likely N-dealkylation sites (tertiary alicyclic amines) is 1. The maximum absolute atomic E-state index is 13.6. The fraction of sp³-hybridized carbons (Fsp3) is 0.964. The van der Waals surface area contributed by atoms with Gasteiger partial charge in [-0.1, -0.05) is 20.8 Å². The van der Waals surface area contributed by atoms with E-state index in [0.29, 0.717) is 36.8 Å². The van der Waals surface area contributed by atoms with Crippen LogP contribution in [0.2, 0.25) is 0 Å². The molecule has 0 aromatic rings. The first-order valence-corrected chi connectivity index (χ1v) is 13.9. The number of ether oxygens (including phenoxy) is 1. The molecule has 3 aliphatic carbocycles. The van der Waals surface area contributed by atoms with E-state index in [-0.39, 0.29) is 34.5 Å². The average molecular weight is 462 g/mol. The Morgan fingerprint density at radius 1 is 0.970 bits per heavy atom. The van der Waals surface area contributed by atoms with Gasteiger partial charge in [-0.2, -0.15) is 0 Å². The van der Waals surface area contributed by atoms with Gasteiger partial charge >= 0.3 is 0 Å². The molecule has 9 atom stereocenters. The molecular formula is C28H47NO4. The predicted molar refractivity (Wildman–Crippen MR) is 129 cm³/mol. The first kappa shape index (κ1) is 24.1. The molecule has 1 amide bonds. The fourth-order valence-corrected chi connectivity index (χ4v) is 9.81. The van der Waals surface area contributed by atoms with E-state index in [1.165, 1.54) is 12.8 Å². The van der Waals surface area contributed by atoms with E-state index >= 15 is 0 Å². The van der Waals surface area contributed by atoms with Gasteiger partial charge in [0.1, 0.15) is 6.10 Å². The topological polar surface area (TPSA) is 70.0 Å². The molecule has 0 radical (unpaired) electrons. The first-order valence-electron chi connectivity index (χ1n) is 13.9. The molecule has 5 rings (SSSR count). The lowest BCUT2D eigenvalue weighted by molar-refractivity contribution is -0.214. The summed E-state index contributed by atoms with van der Waals surface area (Å²) in [6.45, 7) is 10.7. The fourth-order valence-electron chi connectivity index (χ4n) is 9.81. The zero-order chi connectivity index (χ0) is 23.6. The van der Waals surface area contributed by atoms with Gasteiger partial charge in [0.25, 0.3) is 5.91 Å². The highest BCUT2D eigenvalue weighted by atomic mass is 16.5. The number of piperidine rings is 1. The van der Waals surface area contributed by atoms with Crippen molar-refractivity contribution in [3.8, 4) is 0 Å². The van der Waals surface area contributed by atoms with Crippen LogP contribution >= 0.6 is 0 Å². The standard InChI is InChI=1S/C28H47NO4/c1-18(2)28-13-9-21-22(26(28,3)11-8-19(30)16-28)10-12-27(4)23(21)15-20(31)17-29(27)25(32)24-7-5-6-14-33-24/h18-24,30-31H,5-17H2,1-4H3/t19-,20-,21+,22-,23-,24+,26+,27-,28-/m0/s1. The third-order valence-electron chi connectivity index (χ3n) is 11.6. The summed E-state index contributed by atoms with van der Waals surface area (Å²) in [7, 11) is 0. The van der Waals surface area contributed by atoms with Gasteiger partial charge in [-0.3, -0.25) is 4.79 Å². The average Bonchev–Trinajstić information content (AvgIpc) is 2.79. The highest BCUT2D eigenvalue weighted by Crippen LogP contribution is 2.70. The summed E-state index contributed by atoms with van der Waals surface area (Å²) in [5, 5.41) is 21.6. The number of β-amino-alcohol motifs (C(OH)–C–C–N with tert-alkyl or cyclic N) is 1. The summed E-state index contributed by atoms with van der Waals surface area (Å²) in [6, 6.07) is 0. The molecule has 2 N–H and O–H groups in total. The number of nitrogens with zero attached hydrogens (tertiary/aromatic N) is 1. The Labute approximate surface area is 200 Å². The van der Waals surface area contributed by atoms with Gasteiger partial charge in [-0.05, 0) is 112 Å². The van der Waals surface area contributed by atoms with Gasteiger partial charge in [0.2, 0.25) is 0 Å². The zero-order valence-corrected chi connectivity index (χ0v) is 21.4. The number of hydrogen-bond acceptors (Lipinski definition) is 4. The maximum atomic E-state index is 13.6. The molecule has 3 saturated carbocycles. The Kier molecular flexibility index (Phi) is 6.18. The summed E-state index contributed by atoms with van der Waals surface area (Å²) in [5.41, 5.74) is 0.257. The predicted octanol–water partition coefficient (Wildman–Crippen LogP) is 4.54. The van der Waals surface area contributed by atoms with Crippen LogP contribution in [-0.4, -0.2) is 58.0 Å². The number of aliphatic hydroxyl groups is 2. The van der Waals surface area contributed by atoms with Gasteiger partial charge < -0.3 is 19.8 Å². The molecule has 2 aliphatic heterocycles. The Bertz CT molecular complexity index is 750. The van der Waals surface area contributed by atoms with Crippen LogP contribution in [0.1, 0.15) is 98.3 Å².